The molecule has 0 aliphatic carbocycles. The first-order valence-electron chi connectivity index (χ1n) is 7.94. The molecule has 1 aliphatic heterocycles. The SMILES string of the molecule is CN1C(=O)CC(c2cc3c(F)cccc3n2-c2ccccc2N)C1=O. The van der Waals surface area contributed by atoms with Gasteiger partial charge in [0.2, 0.25) is 11.8 Å². The maximum Gasteiger partial charge on any atom is 0.238 e. The number of para-hydroxylation sites is 2. The van der Waals surface area contributed by atoms with Crippen LogP contribution in [0.15, 0.2) is 48.5 Å². The van der Waals surface area contributed by atoms with E-state index in [-0.39, 0.29) is 24.1 Å². The number of rotatable bonds is 2. The molecule has 0 saturated carbocycles. The van der Waals surface area contributed by atoms with Crippen LogP contribution in [0.5, 0.6) is 0 Å². The molecule has 4 rings (SSSR count). The molecule has 2 amide bonds. The zero-order valence-corrected chi connectivity index (χ0v) is 13.6. The number of nitrogens with two attached hydrogens (primary N) is 1. The first kappa shape index (κ1) is 15.4. The second-order valence-corrected chi connectivity index (χ2v) is 6.18. The third-order valence-electron chi connectivity index (χ3n) is 4.74. The quantitative estimate of drug-likeness (QED) is 0.577. The van der Waals surface area contributed by atoms with Crippen molar-refractivity contribution < 1.29 is 14.0 Å². The standard InChI is InChI=1S/C19H16FN3O2/c1-22-18(24)10-12(19(22)25)17-9-11-13(20)5-4-8-15(11)23(17)16-7-3-2-6-14(16)21/h2-9,12H,10,21H2,1H3. The Morgan fingerprint density at radius 2 is 1.88 bits per heavy atom. The lowest BCUT2D eigenvalue weighted by atomic mass is 10.0. The summed E-state index contributed by atoms with van der Waals surface area (Å²) in [7, 11) is 1.47. The van der Waals surface area contributed by atoms with E-state index in [0.29, 0.717) is 28.0 Å². The molecule has 1 unspecified atom stereocenters. The van der Waals surface area contributed by atoms with E-state index in [1.54, 1.807) is 28.8 Å². The van der Waals surface area contributed by atoms with Crippen molar-refractivity contribution in [3.8, 4) is 5.69 Å². The van der Waals surface area contributed by atoms with Crippen molar-refractivity contribution in [1.29, 1.82) is 0 Å². The number of carbonyl (C=O) groups is 2. The van der Waals surface area contributed by atoms with Crippen LogP contribution < -0.4 is 5.73 Å². The summed E-state index contributed by atoms with van der Waals surface area (Å²) in [4.78, 5) is 25.6. The van der Waals surface area contributed by atoms with Gasteiger partial charge in [-0.15, -0.1) is 0 Å². The summed E-state index contributed by atoms with van der Waals surface area (Å²) in [5.41, 5.74) is 8.47. The molecule has 0 bridgehead atoms. The lowest BCUT2D eigenvalue weighted by molar-refractivity contribution is -0.137. The highest BCUT2D eigenvalue weighted by Crippen LogP contribution is 2.37. The van der Waals surface area contributed by atoms with E-state index in [1.165, 1.54) is 13.1 Å². The summed E-state index contributed by atoms with van der Waals surface area (Å²) >= 11 is 0. The van der Waals surface area contributed by atoms with Gasteiger partial charge >= 0.3 is 0 Å². The molecule has 1 fully saturated rings. The number of amides is 2. The second kappa shape index (κ2) is 5.44. The van der Waals surface area contributed by atoms with Crippen LogP contribution in [-0.2, 0) is 9.59 Å². The largest absolute Gasteiger partial charge is 0.397 e. The topological polar surface area (TPSA) is 68.3 Å². The minimum absolute atomic E-state index is 0.0695. The Labute approximate surface area is 143 Å². The zero-order chi connectivity index (χ0) is 17.7. The molecule has 2 N–H and O–H groups in total. The van der Waals surface area contributed by atoms with Crippen molar-refractivity contribution in [2.75, 3.05) is 12.8 Å². The maximum absolute atomic E-state index is 14.3. The molecule has 2 heterocycles. The third-order valence-corrected chi connectivity index (χ3v) is 4.74. The number of hydrogen-bond acceptors (Lipinski definition) is 3. The molecule has 3 aromatic rings. The summed E-state index contributed by atoms with van der Waals surface area (Å²) < 4.78 is 16.1. The molecule has 0 radical (unpaired) electrons. The smallest absolute Gasteiger partial charge is 0.238 e. The first-order chi connectivity index (χ1) is 12.0. The monoisotopic (exact) mass is 337 g/mol. The Morgan fingerprint density at radius 1 is 1.12 bits per heavy atom. The number of anilines is 1. The highest BCUT2D eigenvalue weighted by Gasteiger charge is 2.39. The van der Waals surface area contributed by atoms with Crippen molar-refractivity contribution in [3.05, 3.63) is 60.0 Å². The Hall–Kier alpha value is -3.15. The minimum Gasteiger partial charge on any atom is -0.397 e. The molecule has 0 spiro atoms. The Kier molecular flexibility index (Phi) is 3.35. The molecule has 1 aromatic heterocycles. The van der Waals surface area contributed by atoms with E-state index in [1.807, 2.05) is 18.2 Å². The Morgan fingerprint density at radius 3 is 2.56 bits per heavy atom. The summed E-state index contributed by atoms with van der Waals surface area (Å²) in [6, 6.07) is 13.6. The lowest BCUT2D eigenvalue weighted by Crippen LogP contribution is -2.25. The number of nitrogens with zero attached hydrogens (tertiary/aromatic N) is 2. The number of likely N-dealkylation sites (N-methyl/N-ethyl adjacent to an activating group) is 1. The number of nitrogen functional groups attached to an aromatic ring is 1. The Balaban J connectivity index is 2.03. The molecule has 1 aliphatic rings. The normalized spacial score (nSPS) is 17.7. The van der Waals surface area contributed by atoms with Crippen LogP contribution >= 0.6 is 0 Å². The average molecular weight is 337 g/mol. The van der Waals surface area contributed by atoms with Gasteiger partial charge in [0.1, 0.15) is 5.82 Å². The summed E-state index contributed by atoms with van der Waals surface area (Å²) in [5.74, 6) is -1.56. The molecule has 25 heavy (non-hydrogen) atoms. The van der Waals surface area contributed by atoms with Crippen molar-refractivity contribution in [1.82, 2.24) is 9.47 Å². The summed E-state index contributed by atoms with van der Waals surface area (Å²) in [6.45, 7) is 0. The molecule has 1 atom stereocenters. The number of halogens is 1. The first-order valence-corrected chi connectivity index (χ1v) is 7.94. The van der Waals surface area contributed by atoms with Gasteiger partial charge in [0.15, 0.2) is 0 Å². The summed E-state index contributed by atoms with van der Waals surface area (Å²) in [5, 5.41) is 0.399. The van der Waals surface area contributed by atoms with Crippen LogP contribution in [0, 0.1) is 5.82 Å². The number of carbonyl (C=O) groups excluding carboxylic acids is 2. The van der Waals surface area contributed by atoms with Gasteiger partial charge in [-0.25, -0.2) is 4.39 Å². The fourth-order valence-electron chi connectivity index (χ4n) is 3.42. The highest BCUT2D eigenvalue weighted by atomic mass is 19.1. The zero-order valence-electron chi connectivity index (χ0n) is 13.6. The van der Waals surface area contributed by atoms with Crippen LogP contribution in [0.4, 0.5) is 10.1 Å². The van der Waals surface area contributed by atoms with Crippen LogP contribution in [0.1, 0.15) is 18.0 Å². The van der Waals surface area contributed by atoms with Crippen LogP contribution in [0.25, 0.3) is 16.6 Å². The lowest BCUT2D eigenvalue weighted by Gasteiger charge is -2.16. The van der Waals surface area contributed by atoms with Crippen molar-refractivity contribution in [2.24, 2.45) is 0 Å². The van der Waals surface area contributed by atoms with Crippen molar-refractivity contribution >= 4 is 28.4 Å². The number of hydrogen-bond donors (Lipinski definition) is 1. The van der Waals surface area contributed by atoms with Crippen molar-refractivity contribution in [2.45, 2.75) is 12.3 Å². The van der Waals surface area contributed by atoms with Crippen LogP contribution in [-0.4, -0.2) is 28.3 Å². The van der Waals surface area contributed by atoms with E-state index < -0.39 is 5.92 Å². The van der Waals surface area contributed by atoms with E-state index in [9.17, 15) is 14.0 Å². The molecule has 1 saturated heterocycles. The number of aromatic nitrogens is 1. The fraction of sp³-hybridized carbons (Fsp3) is 0.158. The van der Waals surface area contributed by atoms with Gasteiger partial charge in [-0.3, -0.25) is 14.5 Å². The van der Waals surface area contributed by atoms with E-state index in [0.717, 1.165) is 4.90 Å². The molecule has 126 valence electrons. The molecular formula is C19H16FN3O2. The predicted octanol–water partition coefficient (Wildman–Crippen LogP) is 2.82. The number of likely N-dealkylation sites (tertiary alicyclic amines) is 1. The average Bonchev–Trinajstić information content (AvgIpc) is 3.09. The fourth-order valence-corrected chi connectivity index (χ4v) is 3.42. The minimum atomic E-state index is -0.649. The number of imide groups is 1. The van der Waals surface area contributed by atoms with Gasteiger partial charge in [-0.2, -0.15) is 0 Å². The molecule has 5 nitrogen and oxygen atoms in total. The van der Waals surface area contributed by atoms with Crippen molar-refractivity contribution in [3.63, 3.8) is 0 Å². The van der Waals surface area contributed by atoms with Gasteiger partial charge in [-0.1, -0.05) is 18.2 Å². The van der Waals surface area contributed by atoms with Crippen LogP contribution in [0.3, 0.4) is 0 Å². The van der Waals surface area contributed by atoms with E-state index in [4.69, 9.17) is 5.73 Å². The highest BCUT2D eigenvalue weighted by molar-refractivity contribution is 6.06. The van der Waals surface area contributed by atoms with E-state index in [2.05, 4.69) is 0 Å². The Bertz CT molecular complexity index is 1020. The molecule has 6 heteroatoms. The van der Waals surface area contributed by atoms with E-state index >= 15 is 0 Å². The molecular weight excluding hydrogens is 321 g/mol. The van der Waals surface area contributed by atoms with Gasteiger partial charge in [0.25, 0.3) is 0 Å². The third kappa shape index (κ3) is 2.21. The second-order valence-electron chi connectivity index (χ2n) is 6.18. The summed E-state index contributed by atoms with van der Waals surface area (Å²) in [6.07, 6.45) is 0.0695. The maximum atomic E-state index is 14.3. The predicted molar refractivity (Wildman–Crippen MR) is 92.8 cm³/mol. The van der Waals surface area contributed by atoms with Gasteiger partial charge < -0.3 is 10.3 Å². The number of benzene rings is 2. The molecule has 2 aromatic carbocycles. The van der Waals surface area contributed by atoms with Gasteiger partial charge in [-0.05, 0) is 30.3 Å². The van der Waals surface area contributed by atoms with Gasteiger partial charge in [0, 0.05) is 24.5 Å². The van der Waals surface area contributed by atoms with Gasteiger partial charge in [0.05, 0.1) is 22.8 Å². The van der Waals surface area contributed by atoms with Crippen LogP contribution in [0.2, 0.25) is 0 Å². The number of fused-ring (bicyclic) bond motifs is 1.